The van der Waals surface area contributed by atoms with Gasteiger partial charge in [0, 0.05) is 11.6 Å². The SMILES string of the molecule is CCOc1ccc(C(NS(=O)(=O)Cc2ccccc2F)C(C)C)cc1OCC. The summed E-state index contributed by atoms with van der Waals surface area (Å²) in [5.74, 6) is 0.209. The van der Waals surface area contributed by atoms with Crippen LogP contribution in [0.5, 0.6) is 11.5 Å². The molecule has 1 unspecified atom stereocenters. The van der Waals surface area contributed by atoms with Gasteiger partial charge < -0.3 is 9.47 Å². The van der Waals surface area contributed by atoms with Crippen LogP contribution in [0.25, 0.3) is 0 Å². The quantitative estimate of drug-likeness (QED) is 0.630. The Bertz CT molecular complexity index is 884. The van der Waals surface area contributed by atoms with Crippen LogP contribution in [0.1, 0.15) is 44.9 Å². The Labute approximate surface area is 166 Å². The molecule has 2 aromatic carbocycles. The normalized spacial score (nSPS) is 12.8. The largest absolute Gasteiger partial charge is 0.490 e. The van der Waals surface area contributed by atoms with Gasteiger partial charge in [0.25, 0.3) is 0 Å². The van der Waals surface area contributed by atoms with Crippen LogP contribution in [0.3, 0.4) is 0 Å². The summed E-state index contributed by atoms with van der Waals surface area (Å²) in [5, 5.41) is 0. The van der Waals surface area contributed by atoms with E-state index in [9.17, 15) is 12.8 Å². The van der Waals surface area contributed by atoms with Crippen molar-refractivity contribution in [3.05, 3.63) is 59.4 Å². The van der Waals surface area contributed by atoms with E-state index in [1.54, 1.807) is 18.2 Å². The van der Waals surface area contributed by atoms with E-state index in [-0.39, 0.29) is 11.5 Å². The van der Waals surface area contributed by atoms with Crippen molar-refractivity contribution in [3.8, 4) is 11.5 Å². The van der Waals surface area contributed by atoms with Gasteiger partial charge in [0.05, 0.1) is 19.0 Å². The lowest BCUT2D eigenvalue weighted by Crippen LogP contribution is -2.33. The van der Waals surface area contributed by atoms with Crippen LogP contribution in [0.15, 0.2) is 42.5 Å². The van der Waals surface area contributed by atoms with Crippen LogP contribution in [0, 0.1) is 11.7 Å². The first kappa shape index (κ1) is 22.2. The molecule has 0 radical (unpaired) electrons. The monoisotopic (exact) mass is 409 g/mol. The van der Waals surface area contributed by atoms with E-state index < -0.39 is 27.6 Å². The number of ether oxygens (including phenoxy) is 2. The number of sulfonamides is 1. The first-order valence-electron chi connectivity index (χ1n) is 9.40. The number of halogens is 1. The van der Waals surface area contributed by atoms with E-state index in [0.717, 1.165) is 5.56 Å². The number of rotatable bonds is 10. The molecule has 154 valence electrons. The highest BCUT2D eigenvalue weighted by atomic mass is 32.2. The average Bonchev–Trinajstić information content (AvgIpc) is 2.63. The molecule has 0 saturated carbocycles. The third-order valence-electron chi connectivity index (χ3n) is 4.20. The summed E-state index contributed by atoms with van der Waals surface area (Å²) < 4.78 is 53.2. The maximum Gasteiger partial charge on any atom is 0.216 e. The maximum absolute atomic E-state index is 13.9. The predicted octanol–water partition coefficient (Wildman–Crippen LogP) is 4.44. The molecule has 1 N–H and O–H groups in total. The molecule has 0 saturated heterocycles. The van der Waals surface area contributed by atoms with E-state index in [1.165, 1.54) is 18.2 Å². The Kier molecular flexibility index (Phi) is 7.83. The van der Waals surface area contributed by atoms with Crippen LogP contribution in [-0.4, -0.2) is 21.6 Å². The summed E-state index contributed by atoms with van der Waals surface area (Å²) in [7, 11) is -3.76. The Morgan fingerprint density at radius 1 is 1.00 bits per heavy atom. The van der Waals surface area contributed by atoms with Gasteiger partial charge in [-0.15, -0.1) is 0 Å². The van der Waals surface area contributed by atoms with Gasteiger partial charge in [-0.25, -0.2) is 17.5 Å². The second-order valence-corrected chi connectivity index (χ2v) is 8.52. The number of hydrogen-bond acceptors (Lipinski definition) is 4. The van der Waals surface area contributed by atoms with Crippen LogP contribution in [0.2, 0.25) is 0 Å². The molecule has 1 atom stereocenters. The molecule has 0 bridgehead atoms. The summed E-state index contributed by atoms with van der Waals surface area (Å²) in [4.78, 5) is 0. The molecule has 5 nitrogen and oxygen atoms in total. The van der Waals surface area contributed by atoms with Crippen LogP contribution >= 0.6 is 0 Å². The standard InChI is InChI=1S/C21H28FNO4S/c1-5-26-19-12-11-16(13-20(19)27-6-2)21(15(3)4)23-28(24,25)14-17-9-7-8-10-18(17)22/h7-13,15,21,23H,5-6,14H2,1-4H3. The third kappa shape index (κ3) is 5.94. The van der Waals surface area contributed by atoms with Gasteiger partial charge in [0.1, 0.15) is 5.82 Å². The minimum atomic E-state index is -3.76. The summed E-state index contributed by atoms with van der Waals surface area (Å²) in [5.41, 5.74) is 0.901. The fourth-order valence-corrected chi connectivity index (χ4v) is 4.43. The summed E-state index contributed by atoms with van der Waals surface area (Å²) in [6, 6.07) is 10.8. The highest BCUT2D eigenvalue weighted by molar-refractivity contribution is 7.88. The number of hydrogen-bond donors (Lipinski definition) is 1. The van der Waals surface area contributed by atoms with E-state index in [0.29, 0.717) is 24.7 Å². The first-order chi connectivity index (χ1) is 13.3. The molecule has 0 aliphatic carbocycles. The molecule has 0 fully saturated rings. The molecule has 0 heterocycles. The topological polar surface area (TPSA) is 64.6 Å². The number of nitrogens with one attached hydrogen (secondary N) is 1. The molecule has 2 rings (SSSR count). The van der Waals surface area contributed by atoms with Crippen LogP contribution < -0.4 is 14.2 Å². The van der Waals surface area contributed by atoms with Crippen molar-refractivity contribution in [1.29, 1.82) is 0 Å². The second-order valence-electron chi connectivity index (χ2n) is 6.76. The van der Waals surface area contributed by atoms with E-state index in [4.69, 9.17) is 9.47 Å². The summed E-state index contributed by atoms with van der Waals surface area (Å²) in [6.45, 7) is 8.58. The molecule has 0 aliphatic rings. The zero-order valence-electron chi connectivity index (χ0n) is 16.7. The van der Waals surface area contributed by atoms with Crippen molar-refractivity contribution in [3.63, 3.8) is 0 Å². The molecule has 0 aliphatic heterocycles. The van der Waals surface area contributed by atoms with Gasteiger partial charge >= 0.3 is 0 Å². The minimum Gasteiger partial charge on any atom is -0.490 e. The van der Waals surface area contributed by atoms with Gasteiger partial charge in [-0.05, 0) is 43.5 Å². The summed E-state index contributed by atoms with van der Waals surface area (Å²) in [6.07, 6.45) is 0. The second kappa shape index (κ2) is 9.89. The smallest absolute Gasteiger partial charge is 0.216 e. The van der Waals surface area contributed by atoms with E-state index in [1.807, 2.05) is 33.8 Å². The van der Waals surface area contributed by atoms with Gasteiger partial charge in [0.15, 0.2) is 11.5 Å². The van der Waals surface area contributed by atoms with Gasteiger partial charge in [-0.3, -0.25) is 0 Å². The lowest BCUT2D eigenvalue weighted by Gasteiger charge is -2.24. The van der Waals surface area contributed by atoms with Crippen molar-refractivity contribution in [2.24, 2.45) is 5.92 Å². The number of benzene rings is 2. The predicted molar refractivity (Wildman–Crippen MR) is 109 cm³/mol. The van der Waals surface area contributed by atoms with Crippen LogP contribution in [0.4, 0.5) is 4.39 Å². The molecule has 0 spiro atoms. The molecule has 0 aromatic heterocycles. The molecule has 0 amide bonds. The van der Waals surface area contributed by atoms with Crippen molar-refractivity contribution in [2.45, 2.75) is 39.5 Å². The Hall–Kier alpha value is -2.12. The fraction of sp³-hybridized carbons (Fsp3) is 0.429. The molecular formula is C21H28FNO4S. The van der Waals surface area contributed by atoms with E-state index in [2.05, 4.69) is 4.72 Å². The fourth-order valence-electron chi connectivity index (χ4n) is 2.91. The van der Waals surface area contributed by atoms with Crippen molar-refractivity contribution in [1.82, 2.24) is 4.72 Å². The molecular weight excluding hydrogens is 381 g/mol. The van der Waals surface area contributed by atoms with Crippen molar-refractivity contribution in [2.75, 3.05) is 13.2 Å². The Morgan fingerprint density at radius 2 is 1.64 bits per heavy atom. The molecule has 2 aromatic rings. The lowest BCUT2D eigenvalue weighted by molar-refractivity contribution is 0.287. The zero-order chi connectivity index (χ0) is 20.7. The van der Waals surface area contributed by atoms with Crippen molar-refractivity contribution >= 4 is 10.0 Å². The van der Waals surface area contributed by atoms with Crippen LogP contribution in [-0.2, 0) is 15.8 Å². The third-order valence-corrected chi connectivity index (χ3v) is 5.51. The van der Waals surface area contributed by atoms with Crippen molar-refractivity contribution < 1.29 is 22.3 Å². The summed E-state index contributed by atoms with van der Waals surface area (Å²) >= 11 is 0. The minimum absolute atomic E-state index is 0.0252. The van der Waals surface area contributed by atoms with Gasteiger partial charge in [-0.2, -0.15) is 0 Å². The zero-order valence-corrected chi connectivity index (χ0v) is 17.6. The Morgan fingerprint density at radius 3 is 2.25 bits per heavy atom. The maximum atomic E-state index is 13.9. The molecule has 28 heavy (non-hydrogen) atoms. The van der Waals surface area contributed by atoms with Gasteiger partial charge in [0.2, 0.25) is 10.0 Å². The van der Waals surface area contributed by atoms with E-state index >= 15 is 0 Å². The van der Waals surface area contributed by atoms with Gasteiger partial charge in [-0.1, -0.05) is 38.1 Å². The highest BCUT2D eigenvalue weighted by Crippen LogP contribution is 2.33. The lowest BCUT2D eigenvalue weighted by atomic mass is 9.97. The molecule has 7 heteroatoms. The highest BCUT2D eigenvalue weighted by Gasteiger charge is 2.24. The Balaban J connectivity index is 2.30. The average molecular weight is 410 g/mol. The first-order valence-corrected chi connectivity index (χ1v) is 11.1.